The molecule has 3 aromatic rings. The summed E-state index contributed by atoms with van der Waals surface area (Å²) in [6, 6.07) is 7.90. The van der Waals surface area contributed by atoms with Crippen molar-refractivity contribution in [3.05, 3.63) is 65.4 Å². The van der Waals surface area contributed by atoms with Crippen LogP contribution in [0.3, 0.4) is 0 Å². The fourth-order valence-electron chi connectivity index (χ4n) is 2.87. The van der Waals surface area contributed by atoms with Crippen LogP contribution in [0.5, 0.6) is 0 Å². The maximum Gasteiger partial charge on any atom is 0.298 e. The monoisotopic (exact) mass is 381 g/mol. The number of ether oxygens (including phenoxy) is 2. The van der Waals surface area contributed by atoms with E-state index in [4.69, 9.17) is 14.5 Å². The van der Waals surface area contributed by atoms with Crippen LogP contribution in [0, 0.1) is 13.8 Å². The zero-order chi connectivity index (χ0) is 18.8. The number of fused-ring (bicyclic) bond motifs is 1. The Kier molecular flexibility index (Phi) is 4.77. The maximum atomic E-state index is 13.2. The molecule has 1 aromatic carbocycles. The first kappa shape index (κ1) is 17.5. The van der Waals surface area contributed by atoms with Gasteiger partial charge in [0.2, 0.25) is 5.76 Å². The van der Waals surface area contributed by atoms with Crippen LogP contribution in [0.15, 0.2) is 48.7 Å². The number of nitrogens with zero attached hydrogens (tertiary/aromatic N) is 3. The number of aromatic nitrogens is 2. The molecule has 1 aliphatic rings. The summed E-state index contributed by atoms with van der Waals surface area (Å²) >= 11 is 1.51. The summed E-state index contributed by atoms with van der Waals surface area (Å²) in [6.45, 7) is 5.26. The molecule has 0 atom stereocenters. The number of amides is 1. The second-order valence-electron chi connectivity index (χ2n) is 6.32. The Bertz CT molecular complexity index is 975. The van der Waals surface area contributed by atoms with Crippen molar-refractivity contribution in [2.24, 2.45) is 0 Å². The first-order valence-corrected chi connectivity index (χ1v) is 9.47. The molecule has 138 valence electrons. The van der Waals surface area contributed by atoms with Gasteiger partial charge in [0.05, 0.1) is 16.8 Å². The van der Waals surface area contributed by atoms with E-state index in [1.54, 1.807) is 17.3 Å². The molecule has 0 spiro atoms. The van der Waals surface area contributed by atoms with Gasteiger partial charge in [0.25, 0.3) is 5.91 Å². The number of rotatable bonds is 4. The quantitative estimate of drug-likeness (QED) is 0.689. The average Bonchev–Trinajstić information content (AvgIpc) is 3.16. The molecule has 7 heteroatoms. The lowest BCUT2D eigenvalue weighted by Crippen LogP contribution is -2.33. The van der Waals surface area contributed by atoms with Crippen LogP contribution in [-0.2, 0) is 20.8 Å². The van der Waals surface area contributed by atoms with Gasteiger partial charge in [-0.2, -0.15) is 0 Å². The highest BCUT2D eigenvalue weighted by atomic mass is 32.1. The number of anilines is 1. The molecule has 0 radical (unpaired) electrons. The van der Waals surface area contributed by atoms with E-state index >= 15 is 0 Å². The predicted molar refractivity (Wildman–Crippen MR) is 105 cm³/mol. The Hall–Kier alpha value is -2.93. The SMILES string of the molecule is Cc1ccc(C)c2sc(N(Cc3ccncc3)C(=O)C3=COCCO3)nc12. The molecule has 27 heavy (non-hydrogen) atoms. The molecular weight excluding hydrogens is 362 g/mol. The molecule has 2 aromatic heterocycles. The van der Waals surface area contributed by atoms with Gasteiger partial charge in [-0.3, -0.25) is 14.7 Å². The summed E-state index contributed by atoms with van der Waals surface area (Å²) in [6.07, 6.45) is 4.81. The minimum atomic E-state index is -0.263. The highest BCUT2D eigenvalue weighted by Gasteiger charge is 2.27. The predicted octanol–water partition coefficient (Wildman–Crippen LogP) is 3.73. The highest BCUT2D eigenvalue weighted by molar-refractivity contribution is 7.22. The Balaban J connectivity index is 1.77. The first-order valence-electron chi connectivity index (χ1n) is 8.65. The zero-order valence-corrected chi connectivity index (χ0v) is 16.0. The lowest BCUT2D eigenvalue weighted by atomic mass is 10.1. The first-order chi connectivity index (χ1) is 13.1. The summed E-state index contributed by atoms with van der Waals surface area (Å²) in [4.78, 5) is 23.6. The van der Waals surface area contributed by atoms with Crippen LogP contribution in [-0.4, -0.2) is 29.1 Å². The fraction of sp³-hybridized carbons (Fsp3) is 0.250. The number of carbonyl (C=O) groups excluding carboxylic acids is 1. The molecule has 6 nitrogen and oxygen atoms in total. The van der Waals surface area contributed by atoms with Crippen molar-refractivity contribution in [1.82, 2.24) is 9.97 Å². The molecule has 0 bridgehead atoms. The number of thiazole rings is 1. The van der Waals surface area contributed by atoms with Gasteiger partial charge < -0.3 is 9.47 Å². The number of pyridine rings is 1. The molecule has 1 amide bonds. The molecular formula is C20H19N3O3S. The Morgan fingerprint density at radius 3 is 2.63 bits per heavy atom. The number of carbonyl (C=O) groups is 1. The lowest BCUT2D eigenvalue weighted by Gasteiger charge is -2.23. The summed E-state index contributed by atoms with van der Waals surface area (Å²) < 4.78 is 11.9. The molecule has 0 aliphatic carbocycles. The normalized spacial score (nSPS) is 13.6. The molecule has 0 unspecified atom stereocenters. The van der Waals surface area contributed by atoms with Gasteiger partial charge in [-0.25, -0.2) is 4.98 Å². The fourth-order valence-corrected chi connectivity index (χ4v) is 3.98. The van der Waals surface area contributed by atoms with E-state index in [2.05, 4.69) is 24.0 Å². The summed E-state index contributed by atoms with van der Waals surface area (Å²) in [5, 5.41) is 0.638. The number of hydrogen-bond donors (Lipinski definition) is 0. The average molecular weight is 381 g/mol. The third-order valence-electron chi connectivity index (χ3n) is 4.36. The third kappa shape index (κ3) is 3.50. The molecule has 4 rings (SSSR count). The number of hydrogen-bond acceptors (Lipinski definition) is 6. The van der Waals surface area contributed by atoms with E-state index in [0.29, 0.717) is 24.9 Å². The second kappa shape index (κ2) is 7.36. The maximum absolute atomic E-state index is 13.2. The van der Waals surface area contributed by atoms with Crippen molar-refractivity contribution in [3.8, 4) is 0 Å². The van der Waals surface area contributed by atoms with E-state index in [9.17, 15) is 4.79 Å². The van der Waals surface area contributed by atoms with E-state index in [0.717, 1.165) is 26.9 Å². The van der Waals surface area contributed by atoms with Crippen molar-refractivity contribution in [2.45, 2.75) is 20.4 Å². The molecule has 1 aliphatic heterocycles. The van der Waals surface area contributed by atoms with E-state index < -0.39 is 0 Å². The van der Waals surface area contributed by atoms with Gasteiger partial charge in [0, 0.05) is 12.4 Å². The van der Waals surface area contributed by atoms with Crippen molar-refractivity contribution in [1.29, 1.82) is 0 Å². The summed E-state index contributed by atoms with van der Waals surface area (Å²) in [7, 11) is 0. The van der Waals surface area contributed by atoms with Crippen LogP contribution in [0.2, 0.25) is 0 Å². The smallest absolute Gasteiger partial charge is 0.298 e. The van der Waals surface area contributed by atoms with Gasteiger partial charge in [-0.15, -0.1) is 0 Å². The highest BCUT2D eigenvalue weighted by Crippen LogP contribution is 2.34. The molecule has 0 fully saturated rings. The minimum Gasteiger partial charge on any atom is -0.494 e. The zero-order valence-electron chi connectivity index (χ0n) is 15.1. The van der Waals surface area contributed by atoms with Crippen molar-refractivity contribution < 1.29 is 14.3 Å². The van der Waals surface area contributed by atoms with Gasteiger partial charge in [0.1, 0.15) is 19.5 Å². The Morgan fingerprint density at radius 1 is 1.15 bits per heavy atom. The molecule has 0 saturated heterocycles. The van der Waals surface area contributed by atoms with E-state index in [1.807, 2.05) is 19.1 Å². The number of aryl methyl sites for hydroxylation is 2. The standard InChI is InChI=1S/C20H19N3O3S/c1-13-3-4-14(2)18-17(13)22-20(27-18)23(11-15-5-7-21-8-6-15)19(24)16-12-25-9-10-26-16/h3-8,12H,9-11H2,1-2H3. The largest absolute Gasteiger partial charge is 0.494 e. The van der Waals surface area contributed by atoms with Crippen LogP contribution in [0.25, 0.3) is 10.2 Å². The van der Waals surface area contributed by atoms with Crippen LogP contribution in [0.4, 0.5) is 5.13 Å². The summed E-state index contributed by atoms with van der Waals surface area (Å²) in [5.41, 5.74) is 4.12. The van der Waals surface area contributed by atoms with Crippen LogP contribution < -0.4 is 4.90 Å². The van der Waals surface area contributed by atoms with Gasteiger partial charge in [0.15, 0.2) is 5.13 Å². The molecule has 0 N–H and O–H groups in total. The second-order valence-corrected chi connectivity index (χ2v) is 7.30. The van der Waals surface area contributed by atoms with E-state index in [1.165, 1.54) is 17.6 Å². The van der Waals surface area contributed by atoms with Crippen molar-refractivity contribution >= 4 is 32.6 Å². The Labute approximate surface area is 161 Å². The lowest BCUT2D eigenvalue weighted by molar-refractivity contribution is -0.119. The van der Waals surface area contributed by atoms with Crippen molar-refractivity contribution in [3.63, 3.8) is 0 Å². The minimum absolute atomic E-state index is 0.197. The summed E-state index contributed by atoms with van der Waals surface area (Å²) in [5.74, 6) is -0.0659. The van der Waals surface area contributed by atoms with Crippen LogP contribution >= 0.6 is 11.3 Å². The third-order valence-corrected chi connectivity index (χ3v) is 5.57. The molecule has 3 heterocycles. The van der Waals surface area contributed by atoms with Gasteiger partial charge in [-0.1, -0.05) is 23.5 Å². The van der Waals surface area contributed by atoms with E-state index in [-0.39, 0.29) is 11.7 Å². The van der Waals surface area contributed by atoms with Crippen molar-refractivity contribution in [2.75, 3.05) is 18.1 Å². The topological polar surface area (TPSA) is 64.6 Å². The number of benzene rings is 1. The molecule has 0 saturated carbocycles. The van der Waals surface area contributed by atoms with Gasteiger partial charge in [-0.05, 0) is 42.7 Å². The Morgan fingerprint density at radius 2 is 1.93 bits per heavy atom. The van der Waals surface area contributed by atoms with Crippen LogP contribution in [0.1, 0.15) is 16.7 Å². The van der Waals surface area contributed by atoms with Gasteiger partial charge >= 0.3 is 0 Å².